The Morgan fingerprint density at radius 1 is 1.71 bits per heavy atom. The first kappa shape index (κ1) is 10.8. The zero-order chi connectivity index (χ0) is 11.0. The fraction of sp³-hybridized carbons (Fsp3) is 0.600. The van der Waals surface area contributed by atoms with Crippen LogP contribution in [0.4, 0.5) is 0 Å². The number of aliphatic carboxylic acids is 1. The van der Waals surface area contributed by atoms with Gasteiger partial charge in [-0.05, 0) is 20.3 Å². The van der Waals surface area contributed by atoms with Crippen molar-refractivity contribution in [3.63, 3.8) is 0 Å². The van der Waals surface area contributed by atoms with E-state index in [1.54, 1.807) is 13.8 Å². The molecule has 0 spiro atoms. The molecule has 1 aliphatic heterocycles. The second kappa shape index (κ2) is 3.12. The zero-order valence-electron chi connectivity index (χ0n) is 8.37. The highest BCUT2D eigenvalue weighted by Crippen LogP contribution is 2.43. The van der Waals surface area contributed by atoms with Crippen molar-refractivity contribution >= 4 is 11.9 Å². The van der Waals surface area contributed by atoms with Crippen LogP contribution in [-0.4, -0.2) is 22.6 Å². The smallest absolute Gasteiger partial charge is 0.324 e. The van der Waals surface area contributed by atoms with Crippen LogP contribution in [-0.2, 0) is 14.3 Å². The third-order valence-electron chi connectivity index (χ3n) is 2.39. The number of cyclic esters (lactones) is 1. The molecule has 1 saturated heterocycles. The maximum Gasteiger partial charge on any atom is 0.324 e. The number of hydrogen-bond acceptors (Lipinski definition) is 3. The molecule has 78 valence electrons. The van der Waals surface area contributed by atoms with E-state index in [-0.39, 0.29) is 12.8 Å². The lowest BCUT2D eigenvalue weighted by Crippen LogP contribution is -2.35. The second-order valence-electron chi connectivity index (χ2n) is 4.21. The van der Waals surface area contributed by atoms with Gasteiger partial charge in [0.15, 0.2) is 5.41 Å². The summed E-state index contributed by atoms with van der Waals surface area (Å²) >= 11 is 0. The van der Waals surface area contributed by atoms with Crippen LogP contribution in [0.15, 0.2) is 12.7 Å². The van der Waals surface area contributed by atoms with Gasteiger partial charge in [0.2, 0.25) is 0 Å². The molecule has 1 fully saturated rings. The summed E-state index contributed by atoms with van der Waals surface area (Å²) in [6.45, 7) is 6.88. The molecule has 1 N–H and O–H groups in total. The highest BCUT2D eigenvalue weighted by Gasteiger charge is 2.57. The van der Waals surface area contributed by atoms with E-state index in [4.69, 9.17) is 9.84 Å². The summed E-state index contributed by atoms with van der Waals surface area (Å²) in [7, 11) is 0. The summed E-state index contributed by atoms with van der Waals surface area (Å²) in [5, 5.41) is 9.05. The van der Waals surface area contributed by atoms with Gasteiger partial charge in [-0.2, -0.15) is 0 Å². The third kappa shape index (κ3) is 1.52. The maximum absolute atomic E-state index is 11.5. The molecule has 1 atom stereocenters. The lowest BCUT2D eigenvalue weighted by Gasteiger charge is -2.18. The van der Waals surface area contributed by atoms with Crippen LogP contribution in [0.25, 0.3) is 0 Å². The molecular formula is C10H14O4. The Hall–Kier alpha value is -1.32. The molecule has 1 unspecified atom stereocenters. The van der Waals surface area contributed by atoms with Crippen molar-refractivity contribution in [2.24, 2.45) is 5.41 Å². The third-order valence-corrected chi connectivity index (χ3v) is 2.39. The van der Waals surface area contributed by atoms with Gasteiger partial charge in [0, 0.05) is 6.42 Å². The van der Waals surface area contributed by atoms with Crippen LogP contribution >= 0.6 is 0 Å². The number of carbonyl (C=O) groups is 2. The van der Waals surface area contributed by atoms with E-state index in [9.17, 15) is 9.59 Å². The van der Waals surface area contributed by atoms with E-state index in [2.05, 4.69) is 6.58 Å². The number of ether oxygens (including phenoxy) is 1. The van der Waals surface area contributed by atoms with Crippen molar-refractivity contribution in [3.05, 3.63) is 12.7 Å². The van der Waals surface area contributed by atoms with E-state index < -0.39 is 23.0 Å². The lowest BCUT2D eigenvalue weighted by atomic mass is 9.79. The molecule has 0 aromatic carbocycles. The van der Waals surface area contributed by atoms with Gasteiger partial charge in [-0.15, -0.1) is 6.58 Å². The zero-order valence-corrected chi connectivity index (χ0v) is 8.37. The molecule has 1 rings (SSSR count). The molecule has 4 nitrogen and oxygen atoms in total. The molecule has 0 aromatic heterocycles. The van der Waals surface area contributed by atoms with Crippen LogP contribution < -0.4 is 0 Å². The molecule has 0 radical (unpaired) electrons. The average Bonchev–Trinajstić information content (AvgIpc) is 2.23. The number of esters is 1. The molecule has 4 heteroatoms. The number of hydrogen-bond donors (Lipinski definition) is 1. The Kier molecular flexibility index (Phi) is 2.39. The number of carbonyl (C=O) groups excluding carboxylic acids is 1. The molecular weight excluding hydrogens is 184 g/mol. The molecule has 14 heavy (non-hydrogen) atoms. The van der Waals surface area contributed by atoms with E-state index in [0.717, 1.165) is 0 Å². The van der Waals surface area contributed by atoms with Gasteiger partial charge in [0.05, 0.1) is 0 Å². The fourth-order valence-corrected chi connectivity index (χ4v) is 1.84. The normalized spacial score (nSPS) is 29.7. The van der Waals surface area contributed by atoms with E-state index >= 15 is 0 Å². The van der Waals surface area contributed by atoms with Gasteiger partial charge < -0.3 is 9.84 Å². The van der Waals surface area contributed by atoms with Crippen molar-refractivity contribution in [2.75, 3.05) is 0 Å². The average molecular weight is 198 g/mol. The minimum Gasteiger partial charge on any atom is -0.480 e. The molecule has 0 aromatic rings. The number of rotatable bonds is 3. The Morgan fingerprint density at radius 2 is 2.29 bits per heavy atom. The first-order chi connectivity index (χ1) is 6.34. The first-order valence-electron chi connectivity index (χ1n) is 4.42. The number of allylic oxidation sites excluding steroid dienone is 1. The summed E-state index contributed by atoms with van der Waals surface area (Å²) in [4.78, 5) is 22.6. The van der Waals surface area contributed by atoms with Gasteiger partial charge in [0.1, 0.15) is 5.60 Å². The summed E-state index contributed by atoms with van der Waals surface area (Å²) in [5.41, 5.74) is -2.12. The van der Waals surface area contributed by atoms with Crippen molar-refractivity contribution in [2.45, 2.75) is 32.3 Å². The Morgan fingerprint density at radius 3 is 2.57 bits per heavy atom. The van der Waals surface area contributed by atoms with Gasteiger partial charge in [0.25, 0.3) is 0 Å². The monoisotopic (exact) mass is 198 g/mol. The first-order valence-corrected chi connectivity index (χ1v) is 4.42. The highest BCUT2D eigenvalue weighted by molar-refractivity contribution is 6.01. The van der Waals surface area contributed by atoms with Crippen molar-refractivity contribution in [1.82, 2.24) is 0 Å². The lowest BCUT2D eigenvalue weighted by molar-refractivity contribution is -0.162. The van der Waals surface area contributed by atoms with Crippen LogP contribution in [0.5, 0.6) is 0 Å². The summed E-state index contributed by atoms with van der Waals surface area (Å²) < 4.78 is 5.01. The Labute approximate surface area is 82.6 Å². The molecule has 0 saturated carbocycles. The predicted molar refractivity (Wildman–Crippen MR) is 49.7 cm³/mol. The number of carboxylic acids is 1. The second-order valence-corrected chi connectivity index (χ2v) is 4.21. The minimum absolute atomic E-state index is 0.116. The quantitative estimate of drug-likeness (QED) is 0.422. The minimum atomic E-state index is -1.43. The van der Waals surface area contributed by atoms with Crippen molar-refractivity contribution in [3.8, 4) is 0 Å². The van der Waals surface area contributed by atoms with Crippen LogP contribution in [0.3, 0.4) is 0 Å². The molecule has 1 aliphatic rings. The predicted octanol–water partition coefficient (Wildman–Crippen LogP) is 1.36. The van der Waals surface area contributed by atoms with Gasteiger partial charge in [-0.25, -0.2) is 0 Å². The van der Waals surface area contributed by atoms with Crippen LogP contribution in [0, 0.1) is 5.41 Å². The topological polar surface area (TPSA) is 63.6 Å². The van der Waals surface area contributed by atoms with Crippen LogP contribution in [0.1, 0.15) is 26.7 Å². The SMILES string of the molecule is C=CCC1(C(=O)O)CC(C)(C)OC1=O. The van der Waals surface area contributed by atoms with Crippen molar-refractivity contribution in [1.29, 1.82) is 0 Å². The Bertz CT molecular complexity index is 292. The highest BCUT2D eigenvalue weighted by atomic mass is 16.6. The molecule has 0 bridgehead atoms. The fourth-order valence-electron chi connectivity index (χ4n) is 1.84. The molecule has 0 aliphatic carbocycles. The largest absolute Gasteiger partial charge is 0.480 e. The molecule has 0 amide bonds. The van der Waals surface area contributed by atoms with Crippen molar-refractivity contribution < 1.29 is 19.4 Å². The van der Waals surface area contributed by atoms with Gasteiger partial charge in [-0.1, -0.05) is 6.08 Å². The van der Waals surface area contributed by atoms with E-state index in [0.29, 0.717) is 0 Å². The Balaban J connectivity index is 3.06. The number of carboxylic acid groups (broad SMARTS) is 1. The van der Waals surface area contributed by atoms with Crippen LogP contribution in [0.2, 0.25) is 0 Å². The summed E-state index contributed by atoms with van der Waals surface area (Å²) in [6.07, 6.45) is 1.75. The summed E-state index contributed by atoms with van der Waals surface area (Å²) in [6, 6.07) is 0. The molecule has 1 heterocycles. The van der Waals surface area contributed by atoms with E-state index in [1.165, 1.54) is 6.08 Å². The van der Waals surface area contributed by atoms with Gasteiger partial charge in [-0.3, -0.25) is 9.59 Å². The van der Waals surface area contributed by atoms with Gasteiger partial charge >= 0.3 is 11.9 Å². The maximum atomic E-state index is 11.5. The summed E-state index contributed by atoms with van der Waals surface area (Å²) in [5.74, 6) is -1.79. The van der Waals surface area contributed by atoms with E-state index in [1.807, 2.05) is 0 Å². The standard InChI is InChI=1S/C10H14O4/c1-4-5-10(7(11)12)6-9(2,3)14-8(10)13/h4H,1,5-6H2,2-3H3,(H,11,12).